The summed E-state index contributed by atoms with van der Waals surface area (Å²) >= 11 is 1.57. The lowest BCUT2D eigenvalue weighted by atomic mass is 10.1. The third kappa shape index (κ3) is 4.74. The third-order valence-electron chi connectivity index (χ3n) is 4.02. The second-order valence-electron chi connectivity index (χ2n) is 5.90. The van der Waals surface area contributed by atoms with Crippen LogP contribution in [0.1, 0.15) is 23.0 Å². The first-order chi connectivity index (χ1) is 13.6. The fourth-order valence-electron chi connectivity index (χ4n) is 2.71. The van der Waals surface area contributed by atoms with Crippen molar-refractivity contribution in [2.45, 2.75) is 18.4 Å². The van der Waals surface area contributed by atoms with Crippen LogP contribution in [0.15, 0.2) is 57.8 Å². The minimum atomic E-state index is -0.695. The highest BCUT2D eigenvalue weighted by molar-refractivity contribution is 7.98. The maximum Gasteiger partial charge on any atom is 0.375 e. The lowest BCUT2D eigenvalue weighted by Gasteiger charge is -2.07. The second kappa shape index (κ2) is 9.43. The molecular formula is C21H21NO5S. The van der Waals surface area contributed by atoms with Crippen LogP contribution in [-0.2, 0) is 20.9 Å². The normalized spacial score (nSPS) is 10.8. The molecule has 0 saturated heterocycles. The number of amides is 1. The smallest absolute Gasteiger partial charge is 0.375 e. The molecule has 0 aliphatic rings. The van der Waals surface area contributed by atoms with Crippen LogP contribution in [0.2, 0.25) is 0 Å². The summed E-state index contributed by atoms with van der Waals surface area (Å²) in [6.07, 6.45) is 1.95. The highest BCUT2D eigenvalue weighted by Crippen LogP contribution is 2.27. The molecule has 3 rings (SSSR count). The maximum absolute atomic E-state index is 12.5. The van der Waals surface area contributed by atoms with Crippen molar-refractivity contribution in [1.29, 1.82) is 0 Å². The first-order valence-electron chi connectivity index (χ1n) is 8.81. The van der Waals surface area contributed by atoms with Crippen LogP contribution in [0.4, 0.5) is 5.69 Å². The number of hydrogen-bond acceptors (Lipinski definition) is 6. The van der Waals surface area contributed by atoms with E-state index in [1.165, 1.54) is 0 Å². The Morgan fingerprint density at radius 1 is 1.14 bits per heavy atom. The van der Waals surface area contributed by atoms with Gasteiger partial charge in [-0.05, 0) is 37.4 Å². The van der Waals surface area contributed by atoms with E-state index in [0.29, 0.717) is 23.4 Å². The number of ether oxygens (including phenoxy) is 2. The summed E-state index contributed by atoms with van der Waals surface area (Å²) in [5, 5.41) is 3.51. The number of furan rings is 1. The van der Waals surface area contributed by atoms with Gasteiger partial charge in [0.15, 0.2) is 6.61 Å². The lowest BCUT2D eigenvalue weighted by Crippen LogP contribution is -2.21. The fourth-order valence-corrected chi connectivity index (χ4v) is 3.17. The van der Waals surface area contributed by atoms with Gasteiger partial charge in [-0.3, -0.25) is 4.79 Å². The zero-order valence-corrected chi connectivity index (χ0v) is 16.5. The maximum atomic E-state index is 12.5. The van der Waals surface area contributed by atoms with Crippen LogP contribution in [0.3, 0.4) is 0 Å². The molecule has 0 saturated carbocycles. The van der Waals surface area contributed by atoms with Gasteiger partial charge in [-0.15, -0.1) is 11.8 Å². The van der Waals surface area contributed by atoms with E-state index in [1.807, 2.05) is 49.6 Å². The molecule has 0 unspecified atom stereocenters. The molecule has 7 heteroatoms. The Hall–Kier alpha value is -2.77. The Morgan fingerprint density at radius 3 is 2.75 bits per heavy atom. The molecule has 1 aromatic heterocycles. The summed E-state index contributed by atoms with van der Waals surface area (Å²) in [6.45, 7) is 2.20. The molecule has 6 nitrogen and oxygen atoms in total. The van der Waals surface area contributed by atoms with E-state index in [2.05, 4.69) is 5.32 Å². The molecule has 1 N–H and O–H groups in total. The summed E-state index contributed by atoms with van der Waals surface area (Å²) in [7, 11) is 0. The van der Waals surface area contributed by atoms with Crippen LogP contribution in [0.5, 0.6) is 0 Å². The minimum absolute atomic E-state index is 0.0619. The van der Waals surface area contributed by atoms with Gasteiger partial charge < -0.3 is 19.2 Å². The number of hydrogen-bond donors (Lipinski definition) is 1. The topological polar surface area (TPSA) is 77.8 Å². The average molecular weight is 399 g/mol. The highest BCUT2D eigenvalue weighted by atomic mass is 32.2. The molecule has 0 aliphatic heterocycles. The highest BCUT2D eigenvalue weighted by Gasteiger charge is 2.22. The molecule has 146 valence electrons. The van der Waals surface area contributed by atoms with Gasteiger partial charge in [0.25, 0.3) is 5.91 Å². The molecule has 0 bridgehead atoms. The van der Waals surface area contributed by atoms with Crippen molar-refractivity contribution in [3.63, 3.8) is 0 Å². The van der Waals surface area contributed by atoms with Gasteiger partial charge in [-0.25, -0.2) is 4.79 Å². The molecule has 0 aliphatic carbocycles. The van der Waals surface area contributed by atoms with Gasteiger partial charge in [-0.1, -0.05) is 24.3 Å². The van der Waals surface area contributed by atoms with Crippen molar-refractivity contribution in [1.82, 2.24) is 0 Å². The van der Waals surface area contributed by atoms with Gasteiger partial charge in [0.1, 0.15) is 5.58 Å². The van der Waals surface area contributed by atoms with Gasteiger partial charge in [-0.2, -0.15) is 0 Å². The number of fused-ring (bicyclic) bond motifs is 1. The zero-order valence-electron chi connectivity index (χ0n) is 15.7. The molecule has 0 radical (unpaired) electrons. The van der Waals surface area contributed by atoms with Crippen molar-refractivity contribution >= 4 is 40.3 Å². The van der Waals surface area contributed by atoms with E-state index in [9.17, 15) is 9.59 Å². The van der Waals surface area contributed by atoms with E-state index in [-0.39, 0.29) is 12.4 Å². The quantitative estimate of drug-likeness (QED) is 0.444. The summed E-state index contributed by atoms with van der Waals surface area (Å²) in [6, 6.07) is 14.7. The Morgan fingerprint density at radius 2 is 1.96 bits per heavy atom. The summed E-state index contributed by atoms with van der Waals surface area (Å²) in [5.41, 5.74) is 1.84. The molecule has 3 aromatic rings. The number of anilines is 1. The number of benzene rings is 2. The summed E-state index contributed by atoms with van der Waals surface area (Å²) in [5.74, 6) is -1.06. The third-order valence-corrected chi connectivity index (χ3v) is 4.75. The van der Waals surface area contributed by atoms with Gasteiger partial charge in [0.05, 0.1) is 6.61 Å². The Balaban J connectivity index is 1.68. The van der Waals surface area contributed by atoms with Crippen molar-refractivity contribution in [3.8, 4) is 0 Å². The molecule has 2 aromatic carbocycles. The number of esters is 1. The number of carbonyl (C=O) groups excluding carboxylic acids is 2. The average Bonchev–Trinajstić information content (AvgIpc) is 3.09. The molecule has 1 amide bonds. The summed E-state index contributed by atoms with van der Waals surface area (Å²) < 4.78 is 16.3. The number of para-hydroxylation sites is 1. The van der Waals surface area contributed by atoms with Crippen LogP contribution < -0.4 is 5.32 Å². The van der Waals surface area contributed by atoms with Gasteiger partial charge in [0, 0.05) is 28.1 Å². The molecule has 1 heterocycles. The molecule has 0 spiro atoms. The summed E-state index contributed by atoms with van der Waals surface area (Å²) in [4.78, 5) is 25.7. The predicted molar refractivity (Wildman–Crippen MR) is 109 cm³/mol. The number of carbonyl (C=O) groups is 2. The van der Waals surface area contributed by atoms with Crippen molar-refractivity contribution in [2.24, 2.45) is 0 Å². The fraction of sp³-hybridized carbons (Fsp3) is 0.238. The van der Waals surface area contributed by atoms with E-state index < -0.39 is 18.5 Å². The second-order valence-corrected chi connectivity index (χ2v) is 6.78. The molecule has 0 fully saturated rings. The van der Waals surface area contributed by atoms with Crippen molar-refractivity contribution in [3.05, 3.63) is 59.9 Å². The van der Waals surface area contributed by atoms with E-state index >= 15 is 0 Å². The molecule has 28 heavy (non-hydrogen) atoms. The number of nitrogens with one attached hydrogen (secondary N) is 1. The zero-order chi connectivity index (χ0) is 19.9. The number of thioether (sulfide) groups is 1. The molecular weight excluding hydrogens is 378 g/mol. The van der Waals surface area contributed by atoms with Crippen molar-refractivity contribution < 1.29 is 23.5 Å². The van der Waals surface area contributed by atoms with Crippen LogP contribution in [-0.4, -0.2) is 31.3 Å². The van der Waals surface area contributed by atoms with Gasteiger partial charge in [0.2, 0.25) is 5.76 Å². The van der Waals surface area contributed by atoms with Crippen LogP contribution >= 0.6 is 11.8 Å². The minimum Gasteiger partial charge on any atom is -0.450 e. The Bertz CT molecular complexity index is 982. The lowest BCUT2D eigenvalue weighted by molar-refractivity contribution is -0.119. The van der Waals surface area contributed by atoms with Gasteiger partial charge >= 0.3 is 5.97 Å². The van der Waals surface area contributed by atoms with Crippen molar-refractivity contribution in [2.75, 3.05) is 24.8 Å². The first kappa shape index (κ1) is 20.0. The van der Waals surface area contributed by atoms with Crippen LogP contribution in [0, 0.1) is 0 Å². The monoisotopic (exact) mass is 399 g/mol. The Labute approximate surface area is 167 Å². The van der Waals surface area contributed by atoms with E-state index in [1.54, 1.807) is 23.9 Å². The van der Waals surface area contributed by atoms with E-state index in [4.69, 9.17) is 13.9 Å². The first-order valence-corrected chi connectivity index (χ1v) is 10.0. The van der Waals surface area contributed by atoms with Crippen LogP contribution in [0.25, 0.3) is 11.0 Å². The molecule has 0 atom stereocenters. The van der Waals surface area contributed by atoms with E-state index in [0.717, 1.165) is 10.3 Å². The largest absolute Gasteiger partial charge is 0.450 e. The Kier molecular flexibility index (Phi) is 6.73. The SMILES string of the molecule is CCOCc1c(C(=O)OCC(=O)Nc2cccc(SC)c2)oc2ccccc12. The predicted octanol–water partition coefficient (Wildman–Crippen LogP) is 4.49. The standard InChI is InChI=1S/C21H21NO5S/c1-3-25-12-17-16-9-4-5-10-18(16)27-20(17)21(24)26-13-19(23)22-14-7-6-8-15(11-14)28-2/h4-11H,3,12-13H2,1-2H3,(H,22,23). The number of rotatable bonds is 8.